The predicted molar refractivity (Wildman–Crippen MR) is 64.6 cm³/mol. The van der Waals surface area contributed by atoms with Crippen molar-refractivity contribution in [3.63, 3.8) is 0 Å². The Morgan fingerprint density at radius 2 is 2.21 bits per heavy atom. The van der Waals surface area contributed by atoms with E-state index in [-0.39, 0.29) is 17.8 Å². The lowest BCUT2D eigenvalue weighted by Gasteiger charge is -2.16. The van der Waals surface area contributed by atoms with Crippen LogP contribution in [0.2, 0.25) is 0 Å². The van der Waals surface area contributed by atoms with E-state index in [1.165, 1.54) is 12.1 Å². The number of fused-ring (bicyclic) bond motifs is 2. The summed E-state index contributed by atoms with van der Waals surface area (Å²) in [6, 6.07) is 4.32. The summed E-state index contributed by atoms with van der Waals surface area (Å²) in [5, 5.41) is 0.336. The lowest BCUT2D eigenvalue weighted by molar-refractivity contribution is -0.0497. The highest BCUT2D eigenvalue weighted by atomic mass is 19.3. The second kappa shape index (κ2) is 4.62. The molecule has 1 aliphatic rings. The molecule has 0 aliphatic carbocycles. The molecule has 1 aromatic heterocycles. The van der Waals surface area contributed by atoms with Crippen molar-refractivity contribution >= 4 is 10.9 Å². The average molecular weight is 267 g/mol. The summed E-state index contributed by atoms with van der Waals surface area (Å²) in [5.74, 6) is -0.0234. The molecule has 0 atom stereocenters. The fraction of sp³-hybridized carbons (Fsp3) is 0.308. The SMILES string of the molecule is O=c1c2c([nH]c3ccc(OC(F)F)cc13)CCOC2. The minimum atomic E-state index is -2.91. The Labute approximate surface area is 107 Å². The molecule has 6 heteroatoms. The number of ether oxygens (including phenoxy) is 2. The van der Waals surface area contributed by atoms with Crippen molar-refractivity contribution in [1.82, 2.24) is 4.98 Å². The van der Waals surface area contributed by atoms with Crippen molar-refractivity contribution in [3.05, 3.63) is 39.7 Å². The molecule has 0 radical (unpaired) electrons. The van der Waals surface area contributed by atoms with Gasteiger partial charge in [-0.2, -0.15) is 8.78 Å². The predicted octanol–water partition coefficient (Wildman–Crippen LogP) is 2.20. The van der Waals surface area contributed by atoms with E-state index in [0.717, 1.165) is 5.69 Å². The van der Waals surface area contributed by atoms with Gasteiger partial charge in [-0.15, -0.1) is 0 Å². The van der Waals surface area contributed by atoms with Crippen molar-refractivity contribution in [1.29, 1.82) is 0 Å². The summed E-state index contributed by atoms with van der Waals surface area (Å²) in [6.07, 6.45) is 0.649. The fourth-order valence-electron chi connectivity index (χ4n) is 2.25. The van der Waals surface area contributed by atoms with Crippen molar-refractivity contribution in [2.75, 3.05) is 6.61 Å². The van der Waals surface area contributed by atoms with Crippen LogP contribution in [0, 0.1) is 0 Å². The normalized spacial score (nSPS) is 14.7. The molecule has 0 spiro atoms. The van der Waals surface area contributed by atoms with Crippen LogP contribution < -0.4 is 10.2 Å². The highest BCUT2D eigenvalue weighted by Crippen LogP contribution is 2.21. The Kier molecular flexibility index (Phi) is 2.94. The first-order chi connectivity index (χ1) is 9.15. The Morgan fingerprint density at radius 1 is 1.37 bits per heavy atom. The summed E-state index contributed by atoms with van der Waals surface area (Å²) in [4.78, 5) is 15.4. The zero-order valence-electron chi connectivity index (χ0n) is 9.91. The van der Waals surface area contributed by atoms with E-state index >= 15 is 0 Å². The molecular weight excluding hydrogens is 256 g/mol. The highest BCUT2D eigenvalue weighted by molar-refractivity contribution is 5.81. The summed E-state index contributed by atoms with van der Waals surface area (Å²) >= 11 is 0. The van der Waals surface area contributed by atoms with Crippen LogP contribution in [-0.4, -0.2) is 18.2 Å². The van der Waals surface area contributed by atoms with Crippen LogP contribution in [0.25, 0.3) is 10.9 Å². The van der Waals surface area contributed by atoms with E-state index in [1.807, 2.05) is 0 Å². The second-order valence-corrected chi connectivity index (χ2v) is 4.30. The minimum Gasteiger partial charge on any atom is -0.435 e. The highest BCUT2D eigenvalue weighted by Gasteiger charge is 2.16. The molecule has 0 amide bonds. The van der Waals surface area contributed by atoms with Gasteiger partial charge in [-0.1, -0.05) is 0 Å². The van der Waals surface area contributed by atoms with Crippen LogP contribution in [0.5, 0.6) is 5.75 Å². The van der Waals surface area contributed by atoms with Gasteiger partial charge in [-0.3, -0.25) is 4.79 Å². The third kappa shape index (κ3) is 2.19. The van der Waals surface area contributed by atoms with Crippen LogP contribution in [0.4, 0.5) is 8.78 Å². The third-order valence-corrected chi connectivity index (χ3v) is 3.13. The maximum atomic E-state index is 12.3. The van der Waals surface area contributed by atoms with Crippen molar-refractivity contribution in [2.24, 2.45) is 0 Å². The van der Waals surface area contributed by atoms with Gasteiger partial charge in [0.2, 0.25) is 0 Å². The standard InChI is InChI=1S/C13H11F2NO3/c14-13(15)19-7-1-2-10-8(5-7)12(17)9-6-18-4-3-11(9)16-10/h1-2,5,13H,3-4,6H2,(H,16,17). The molecule has 0 fully saturated rings. The number of nitrogens with one attached hydrogen (secondary N) is 1. The van der Waals surface area contributed by atoms with E-state index in [2.05, 4.69) is 9.72 Å². The zero-order chi connectivity index (χ0) is 13.4. The van der Waals surface area contributed by atoms with E-state index in [9.17, 15) is 13.6 Å². The Morgan fingerprint density at radius 3 is 3.00 bits per heavy atom. The lowest BCUT2D eigenvalue weighted by atomic mass is 10.1. The van der Waals surface area contributed by atoms with Gasteiger partial charge in [-0.25, -0.2) is 0 Å². The number of halogens is 2. The van der Waals surface area contributed by atoms with Gasteiger partial charge in [0.1, 0.15) is 5.75 Å². The van der Waals surface area contributed by atoms with E-state index in [4.69, 9.17) is 4.74 Å². The summed E-state index contributed by atoms with van der Waals surface area (Å²) in [7, 11) is 0. The van der Waals surface area contributed by atoms with Gasteiger partial charge in [0.15, 0.2) is 5.43 Å². The van der Waals surface area contributed by atoms with Crippen molar-refractivity contribution in [2.45, 2.75) is 19.6 Å². The summed E-state index contributed by atoms with van der Waals surface area (Å²) in [5.41, 5.74) is 1.84. The smallest absolute Gasteiger partial charge is 0.387 e. The number of alkyl halides is 2. The van der Waals surface area contributed by atoms with Crippen LogP contribution in [-0.2, 0) is 17.8 Å². The quantitative estimate of drug-likeness (QED) is 0.907. The van der Waals surface area contributed by atoms with Crippen LogP contribution in [0.1, 0.15) is 11.3 Å². The van der Waals surface area contributed by atoms with Crippen LogP contribution in [0.15, 0.2) is 23.0 Å². The number of hydrogen-bond donors (Lipinski definition) is 1. The largest absolute Gasteiger partial charge is 0.435 e. The number of benzene rings is 1. The average Bonchev–Trinajstić information content (AvgIpc) is 2.39. The van der Waals surface area contributed by atoms with Crippen LogP contribution in [0.3, 0.4) is 0 Å². The molecule has 19 heavy (non-hydrogen) atoms. The molecule has 3 rings (SSSR count). The maximum Gasteiger partial charge on any atom is 0.387 e. The minimum absolute atomic E-state index is 0.0234. The molecule has 1 aromatic carbocycles. The molecule has 2 aromatic rings. The zero-order valence-corrected chi connectivity index (χ0v) is 9.91. The summed E-state index contributed by atoms with van der Waals surface area (Å²) < 4.78 is 33.9. The number of rotatable bonds is 2. The molecule has 0 saturated carbocycles. The first-order valence-electron chi connectivity index (χ1n) is 5.85. The van der Waals surface area contributed by atoms with Gasteiger partial charge in [0.25, 0.3) is 0 Å². The number of H-pyrrole nitrogens is 1. The van der Waals surface area contributed by atoms with Crippen molar-refractivity contribution in [3.8, 4) is 5.75 Å². The molecular formula is C13H11F2NO3. The fourth-order valence-corrected chi connectivity index (χ4v) is 2.25. The topological polar surface area (TPSA) is 51.3 Å². The molecule has 2 heterocycles. The lowest BCUT2D eigenvalue weighted by Crippen LogP contribution is -2.21. The second-order valence-electron chi connectivity index (χ2n) is 4.30. The number of pyridine rings is 1. The molecule has 0 bridgehead atoms. The molecule has 100 valence electrons. The number of aromatic amines is 1. The Hall–Kier alpha value is -1.95. The van der Waals surface area contributed by atoms with Gasteiger partial charge in [-0.05, 0) is 18.2 Å². The van der Waals surface area contributed by atoms with Crippen LogP contribution >= 0.6 is 0 Å². The monoisotopic (exact) mass is 267 g/mol. The molecule has 0 unspecified atom stereocenters. The van der Waals surface area contributed by atoms with E-state index < -0.39 is 6.61 Å². The maximum absolute atomic E-state index is 12.3. The molecule has 1 N–H and O–H groups in total. The molecule has 4 nitrogen and oxygen atoms in total. The van der Waals surface area contributed by atoms with Gasteiger partial charge in [0, 0.05) is 28.6 Å². The summed E-state index contributed by atoms with van der Waals surface area (Å²) in [6.45, 7) is -2.08. The first kappa shape index (κ1) is 12.1. The van der Waals surface area contributed by atoms with Crippen molar-refractivity contribution < 1.29 is 18.3 Å². The molecule has 0 saturated heterocycles. The third-order valence-electron chi connectivity index (χ3n) is 3.13. The van der Waals surface area contributed by atoms with E-state index in [1.54, 1.807) is 6.07 Å². The van der Waals surface area contributed by atoms with Gasteiger partial charge >= 0.3 is 6.61 Å². The van der Waals surface area contributed by atoms with E-state index in [0.29, 0.717) is 29.5 Å². The van der Waals surface area contributed by atoms with Gasteiger partial charge < -0.3 is 14.5 Å². The van der Waals surface area contributed by atoms with Gasteiger partial charge in [0.05, 0.1) is 13.2 Å². The number of hydrogen-bond acceptors (Lipinski definition) is 3. The first-order valence-corrected chi connectivity index (χ1v) is 5.85. The molecule has 1 aliphatic heterocycles. The Balaban J connectivity index is 2.17. The number of aromatic nitrogens is 1. The Bertz CT molecular complexity index is 681.